The second-order valence-electron chi connectivity index (χ2n) is 5.57. The van der Waals surface area contributed by atoms with Crippen molar-refractivity contribution in [2.45, 2.75) is 19.8 Å². The summed E-state index contributed by atoms with van der Waals surface area (Å²) in [5.41, 5.74) is 3.19. The summed E-state index contributed by atoms with van der Waals surface area (Å²) >= 11 is 0. The second-order valence-corrected chi connectivity index (χ2v) is 5.57. The molecule has 3 aromatic rings. The van der Waals surface area contributed by atoms with E-state index in [-0.39, 0.29) is 6.48 Å². The Morgan fingerprint density at radius 3 is 1.00 bits per heavy atom. The average molecular weight is 333 g/mol. The van der Waals surface area contributed by atoms with E-state index in [4.69, 9.17) is 14.2 Å². The van der Waals surface area contributed by atoms with Gasteiger partial charge in [0.05, 0.1) is 19.8 Å². The molecule has 3 rings (SSSR count). The largest absolute Gasteiger partial charge is 0.371 e. The molecule has 0 saturated heterocycles. The SMILES string of the molecule is c1ccc(CO[C](OCc2ccccc2)OCc2ccccc2)cc1. The lowest BCUT2D eigenvalue weighted by Gasteiger charge is -2.17. The highest BCUT2D eigenvalue weighted by atomic mass is 16.8. The van der Waals surface area contributed by atoms with Gasteiger partial charge in [0.15, 0.2) is 0 Å². The molecular weight excluding hydrogens is 312 g/mol. The van der Waals surface area contributed by atoms with Crippen molar-refractivity contribution in [2.24, 2.45) is 0 Å². The normalized spacial score (nSPS) is 10.9. The minimum Gasteiger partial charge on any atom is -0.316 e. The maximum atomic E-state index is 5.74. The summed E-state index contributed by atoms with van der Waals surface area (Å²) < 4.78 is 17.2. The first-order valence-corrected chi connectivity index (χ1v) is 8.27. The first-order valence-electron chi connectivity index (χ1n) is 8.27. The molecular formula is C22H21O3. The van der Waals surface area contributed by atoms with Crippen LogP contribution in [-0.4, -0.2) is 0 Å². The zero-order chi connectivity index (χ0) is 17.2. The fourth-order valence-electron chi connectivity index (χ4n) is 2.27. The quantitative estimate of drug-likeness (QED) is 0.546. The van der Waals surface area contributed by atoms with Crippen LogP contribution in [0, 0.1) is 6.48 Å². The van der Waals surface area contributed by atoms with Crippen LogP contribution >= 0.6 is 0 Å². The molecule has 3 aromatic carbocycles. The number of hydrogen-bond acceptors (Lipinski definition) is 3. The lowest BCUT2D eigenvalue weighted by atomic mass is 10.2. The molecule has 0 atom stereocenters. The standard InChI is InChI=1S/C22H21O3/c1-4-10-19(11-5-1)16-23-22(24-17-20-12-6-2-7-13-20)25-18-21-14-8-3-9-15-21/h1-15H,16-18H2. The third-order valence-corrected chi connectivity index (χ3v) is 3.60. The second kappa shape index (κ2) is 9.74. The van der Waals surface area contributed by atoms with E-state index < -0.39 is 0 Å². The molecule has 0 heterocycles. The van der Waals surface area contributed by atoms with Crippen molar-refractivity contribution in [3.8, 4) is 0 Å². The Hall–Kier alpha value is -2.46. The molecule has 0 aromatic heterocycles. The minimum absolute atomic E-state index is 0.191. The molecule has 0 saturated carbocycles. The van der Waals surface area contributed by atoms with Crippen LogP contribution in [0.15, 0.2) is 91.0 Å². The van der Waals surface area contributed by atoms with Gasteiger partial charge in [0.1, 0.15) is 0 Å². The van der Waals surface area contributed by atoms with E-state index in [9.17, 15) is 0 Å². The summed E-state index contributed by atoms with van der Waals surface area (Å²) in [6.45, 7) is 1.40. The third-order valence-electron chi connectivity index (χ3n) is 3.60. The predicted octanol–water partition coefficient (Wildman–Crippen LogP) is 5.08. The van der Waals surface area contributed by atoms with Crippen LogP contribution < -0.4 is 0 Å². The van der Waals surface area contributed by atoms with E-state index >= 15 is 0 Å². The Morgan fingerprint density at radius 1 is 0.440 bits per heavy atom. The Morgan fingerprint density at radius 2 is 0.720 bits per heavy atom. The van der Waals surface area contributed by atoms with Gasteiger partial charge in [-0.15, -0.1) is 0 Å². The topological polar surface area (TPSA) is 27.7 Å². The summed E-state index contributed by atoms with van der Waals surface area (Å²) in [7, 11) is 0. The highest BCUT2D eigenvalue weighted by Gasteiger charge is 2.14. The zero-order valence-corrected chi connectivity index (χ0v) is 14.0. The first-order chi connectivity index (χ1) is 12.4. The van der Waals surface area contributed by atoms with Gasteiger partial charge < -0.3 is 14.2 Å². The van der Waals surface area contributed by atoms with E-state index in [2.05, 4.69) is 0 Å². The van der Waals surface area contributed by atoms with Gasteiger partial charge in [0.2, 0.25) is 0 Å². The maximum absolute atomic E-state index is 5.74. The number of benzene rings is 3. The van der Waals surface area contributed by atoms with Crippen LogP contribution in [0.2, 0.25) is 0 Å². The monoisotopic (exact) mass is 333 g/mol. The van der Waals surface area contributed by atoms with Gasteiger partial charge in [0, 0.05) is 0 Å². The zero-order valence-electron chi connectivity index (χ0n) is 14.0. The summed E-state index contributed by atoms with van der Waals surface area (Å²) in [6.07, 6.45) is 0. The molecule has 0 aliphatic rings. The van der Waals surface area contributed by atoms with E-state index in [1.165, 1.54) is 0 Å². The van der Waals surface area contributed by atoms with Crippen LogP contribution in [-0.2, 0) is 34.0 Å². The van der Waals surface area contributed by atoms with Gasteiger partial charge in [0.25, 0.3) is 0 Å². The molecule has 0 aliphatic heterocycles. The van der Waals surface area contributed by atoms with Crippen molar-refractivity contribution in [3.05, 3.63) is 114 Å². The first kappa shape index (κ1) is 17.4. The van der Waals surface area contributed by atoms with Crippen molar-refractivity contribution in [1.82, 2.24) is 0 Å². The van der Waals surface area contributed by atoms with Crippen molar-refractivity contribution in [2.75, 3.05) is 0 Å². The molecule has 0 unspecified atom stereocenters. The third kappa shape index (κ3) is 6.16. The van der Waals surface area contributed by atoms with Gasteiger partial charge in [-0.25, -0.2) is 0 Å². The smallest absolute Gasteiger partial charge is 0.316 e. The molecule has 0 bridgehead atoms. The van der Waals surface area contributed by atoms with E-state index in [1.807, 2.05) is 91.0 Å². The molecule has 0 spiro atoms. The van der Waals surface area contributed by atoms with Crippen LogP contribution in [0.4, 0.5) is 0 Å². The highest BCUT2D eigenvalue weighted by Crippen LogP contribution is 2.16. The molecule has 3 nitrogen and oxygen atoms in total. The van der Waals surface area contributed by atoms with Gasteiger partial charge in [-0.05, 0) is 16.7 Å². The lowest BCUT2D eigenvalue weighted by molar-refractivity contribution is -0.203. The van der Waals surface area contributed by atoms with Gasteiger partial charge in [-0.3, -0.25) is 0 Å². The Labute approximate surface area is 148 Å². The summed E-state index contributed by atoms with van der Waals surface area (Å²) in [4.78, 5) is 0. The van der Waals surface area contributed by atoms with Crippen molar-refractivity contribution in [1.29, 1.82) is 0 Å². The molecule has 0 amide bonds. The Kier molecular flexibility index (Phi) is 6.77. The van der Waals surface area contributed by atoms with E-state index in [0.717, 1.165) is 16.7 Å². The molecule has 127 valence electrons. The molecule has 0 aliphatic carbocycles. The summed E-state index contributed by atoms with van der Waals surface area (Å²) in [5, 5.41) is 0. The van der Waals surface area contributed by atoms with Crippen LogP contribution in [0.5, 0.6) is 0 Å². The number of rotatable bonds is 9. The van der Waals surface area contributed by atoms with Crippen molar-refractivity contribution >= 4 is 0 Å². The Balaban J connectivity index is 1.56. The summed E-state index contributed by atoms with van der Waals surface area (Å²) in [5.74, 6) is 0. The van der Waals surface area contributed by atoms with Crippen LogP contribution in [0.25, 0.3) is 0 Å². The molecule has 1 radical (unpaired) electrons. The van der Waals surface area contributed by atoms with Crippen molar-refractivity contribution < 1.29 is 14.2 Å². The van der Waals surface area contributed by atoms with Gasteiger partial charge in [-0.2, -0.15) is 0 Å². The van der Waals surface area contributed by atoms with Gasteiger partial charge >= 0.3 is 6.48 Å². The fourth-order valence-corrected chi connectivity index (χ4v) is 2.27. The average Bonchev–Trinajstić information content (AvgIpc) is 2.70. The highest BCUT2D eigenvalue weighted by molar-refractivity contribution is 5.15. The van der Waals surface area contributed by atoms with E-state index in [0.29, 0.717) is 19.8 Å². The molecule has 0 fully saturated rings. The van der Waals surface area contributed by atoms with Crippen LogP contribution in [0.3, 0.4) is 0 Å². The minimum atomic E-state index is 0.191. The fraction of sp³-hybridized carbons (Fsp3) is 0.136. The van der Waals surface area contributed by atoms with Crippen LogP contribution in [0.1, 0.15) is 16.7 Å². The number of hydrogen-bond donors (Lipinski definition) is 0. The molecule has 0 N–H and O–H groups in total. The Bertz CT molecular complexity index is 611. The molecule has 25 heavy (non-hydrogen) atoms. The predicted molar refractivity (Wildman–Crippen MR) is 96.9 cm³/mol. The maximum Gasteiger partial charge on any atom is 0.371 e. The van der Waals surface area contributed by atoms with Crippen molar-refractivity contribution in [3.63, 3.8) is 0 Å². The molecule has 3 heteroatoms. The van der Waals surface area contributed by atoms with Gasteiger partial charge in [-0.1, -0.05) is 91.0 Å². The van der Waals surface area contributed by atoms with E-state index in [1.54, 1.807) is 0 Å². The lowest BCUT2D eigenvalue weighted by Crippen LogP contribution is -2.12. The number of ether oxygens (including phenoxy) is 3. The summed E-state index contributed by atoms with van der Waals surface area (Å²) in [6, 6.07) is 29.9.